The second kappa shape index (κ2) is 6.41. The highest BCUT2D eigenvalue weighted by Crippen LogP contribution is 2.20. The molecule has 5 nitrogen and oxygen atoms in total. The lowest BCUT2D eigenvalue weighted by Gasteiger charge is -2.09. The van der Waals surface area contributed by atoms with Crippen LogP contribution in [0.3, 0.4) is 0 Å². The van der Waals surface area contributed by atoms with E-state index in [-0.39, 0.29) is 0 Å². The van der Waals surface area contributed by atoms with Gasteiger partial charge in [-0.3, -0.25) is 0 Å². The fraction of sp³-hybridized carbons (Fsp3) is 0.400. The minimum absolute atomic E-state index is 0.442. The Labute approximate surface area is 115 Å². The molecule has 0 saturated carbocycles. The van der Waals surface area contributed by atoms with Crippen molar-refractivity contribution >= 4 is 44.0 Å². The molecule has 7 heteroatoms. The summed E-state index contributed by atoms with van der Waals surface area (Å²) in [4.78, 5) is 0. The summed E-state index contributed by atoms with van der Waals surface area (Å²) in [6.45, 7) is 1.15. The van der Waals surface area contributed by atoms with Crippen molar-refractivity contribution in [3.8, 4) is 0 Å². The lowest BCUT2D eigenvalue weighted by Crippen LogP contribution is -2.24. The highest BCUT2D eigenvalue weighted by molar-refractivity contribution is 14.1. The standard InChI is InChI=1S/C10H16IN3O2S/c1-17(15,16)14-6-2-5-13-10-4-3-8(12)7-9(10)11/h3-4,7,13-14H,2,5-6,12H2,1H3. The SMILES string of the molecule is CS(=O)(=O)NCCCNc1ccc(N)cc1I. The van der Waals surface area contributed by atoms with E-state index in [4.69, 9.17) is 5.73 Å². The van der Waals surface area contributed by atoms with Gasteiger partial charge >= 0.3 is 0 Å². The van der Waals surface area contributed by atoms with Crippen molar-refractivity contribution in [1.29, 1.82) is 0 Å². The molecule has 0 atom stereocenters. The zero-order chi connectivity index (χ0) is 12.9. The summed E-state index contributed by atoms with van der Waals surface area (Å²) < 4.78 is 25.1. The third-order valence-electron chi connectivity index (χ3n) is 2.03. The number of nitrogens with one attached hydrogen (secondary N) is 2. The molecule has 4 N–H and O–H groups in total. The van der Waals surface area contributed by atoms with Crippen molar-refractivity contribution in [1.82, 2.24) is 4.72 Å². The molecule has 1 aromatic carbocycles. The van der Waals surface area contributed by atoms with Gasteiger partial charge in [0.1, 0.15) is 0 Å². The van der Waals surface area contributed by atoms with E-state index < -0.39 is 10.0 Å². The van der Waals surface area contributed by atoms with Gasteiger partial charge in [0.15, 0.2) is 0 Å². The van der Waals surface area contributed by atoms with Crippen molar-refractivity contribution in [2.45, 2.75) is 6.42 Å². The first-order chi connectivity index (χ1) is 7.88. The van der Waals surface area contributed by atoms with E-state index in [9.17, 15) is 8.42 Å². The average Bonchev–Trinajstić information content (AvgIpc) is 2.18. The number of hydrogen-bond donors (Lipinski definition) is 3. The molecule has 0 bridgehead atoms. The molecule has 0 amide bonds. The van der Waals surface area contributed by atoms with E-state index in [0.29, 0.717) is 13.1 Å². The number of hydrogen-bond acceptors (Lipinski definition) is 4. The van der Waals surface area contributed by atoms with Crippen LogP contribution in [-0.2, 0) is 10.0 Å². The van der Waals surface area contributed by atoms with Crippen LogP contribution in [0.2, 0.25) is 0 Å². The summed E-state index contributed by atoms with van der Waals surface area (Å²) in [6, 6.07) is 5.64. The van der Waals surface area contributed by atoms with Gasteiger partial charge in [-0.15, -0.1) is 0 Å². The minimum atomic E-state index is -3.08. The molecule has 0 aliphatic carbocycles. The fourth-order valence-electron chi connectivity index (χ4n) is 1.24. The minimum Gasteiger partial charge on any atom is -0.399 e. The summed E-state index contributed by atoms with van der Waals surface area (Å²) in [5.74, 6) is 0. The van der Waals surface area contributed by atoms with Crippen LogP contribution >= 0.6 is 22.6 Å². The average molecular weight is 369 g/mol. The predicted molar refractivity (Wildman–Crippen MR) is 79.5 cm³/mol. The third kappa shape index (κ3) is 6.08. The number of halogens is 1. The lowest BCUT2D eigenvalue weighted by molar-refractivity contribution is 0.586. The molecular formula is C10H16IN3O2S. The Hall–Kier alpha value is -0.540. The molecule has 0 heterocycles. The lowest BCUT2D eigenvalue weighted by atomic mass is 10.3. The maximum atomic E-state index is 10.8. The Balaban J connectivity index is 2.32. The van der Waals surface area contributed by atoms with Crippen LogP contribution < -0.4 is 15.8 Å². The molecule has 0 unspecified atom stereocenters. The van der Waals surface area contributed by atoms with E-state index in [2.05, 4.69) is 32.6 Å². The molecule has 0 spiro atoms. The van der Waals surface area contributed by atoms with Crippen LogP contribution in [0.15, 0.2) is 18.2 Å². The first kappa shape index (κ1) is 14.5. The normalized spacial score (nSPS) is 11.4. The van der Waals surface area contributed by atoms with Gasteiger partial charge in [0.05, 0.1) is 6.26 Å². The maximum Gasteiger partial charge on any atom is 0.208 e. The van der Waals surface area contributed by atoms with Crippen molar-refractivity contribution < 1.29 is 8.42 Å². The monoisotopic (exact) mass is 369 g/mol. The van der Waals surface area contributed by atoms with Crippen LogP contribution in [0.25, 0.3) is 0 Å². The van der Waals surface area contributed by atoms with Crippen LogP contribution in [0.1, 0.15) is 6.42 Å². The molecular weight excluding hydrogens is 353 g/mol. The third-order valence-corrected chi connectivity index (χ3v) is 3.65. The summed E-state index contributed by atoms with van der Waals surface area (Å²) in [7, 11) is -3.08. The van der Waals surface area contributed by atoms with E-state index in [1.165, 1.54) is 0 Å². The fourth-order valence-corrected chi connectivity index (χ4v) is 2.49. The molecule has 0 aliphatic heterocycles. The number of benzene rings is 1. The second-order valence-electron chi connectivity index (χ2n) is 3.69. The van der Waals surface area contributed by atoms with E-state index in [1.54, 1.807) is 0 Å². The predicted octanol–water partition coefficient (Wildman–Crippen LogP) is 1.22. The number of nitrogen functional groups attached to an aromatic ring is 1. The highest BCUT2D eigenvalue weighted by Gasteiger charge is 2.01. The van der Waals surface area contributed by atoms with Crippen molar-refractivity contribution in [2.75, 3.05) is 30.4 Å². The van der Waals surface area contributed by atoms with Gasteiger partial charge in [-0.25, -0.2) is 13.1 Å². The maximum absolute atomic E-state index is 10.8. The van der Waals surface area contributed by atoms with Gasteiger partial charge in [0.2, 0.25) is 10.0 Å². The van der Waals surface area contributed by atoms with Crippen LogP contribution in [0.5, 0.6) is 0 Å². The van der Waals surface area contributed by atoms with E-state index >= 15 is 0 Å². The summed E-state index contributed by atoms with van der Waals surface area (Å²) in [6.07, 6.45) is 1.89. The molecule has 0 fully saturated rings. The zero-order valence-electron chi connectivity index (χ0n) is 9.53. The van der Waals surface area contributed by atoms with Gasteiger partial charge in [-0.05, 0) is 47.2 Å². The molecule has 96 valence electrons. The van der Waals surface area contributed by atoms with E-state index in [1.807, 2.05) is 18.2 Å². The number of sulfonamides is 1. The van der Waals surface area contributed by atoms with Crippen molar-refractivity contribution in [2.24, 2.45) is 0 Å². The largest absolute Gasteiger partial charge is 0.399 e. The summed E-state index contributed by atoms with van der Waals surface area (Å²) >= 11 is 2.21. The first-order valence-electron chi connectivity index (χ1n) is 5.12. The summed E-state index contributed by atoms with van der Waals surface area (Å²) in [5, 5.41) is 3.23. The van der Waals surface area contributed by atoms with Gasteiger partial charge in [-0.1, -0.05) is 0 Å². The van der Waals surface area contributed by atoms with Crippen molar-refractivity contribution in [3.63, 3.8) is 0 Å². The molecule has 1 aromatic rings. The van der Waals surface area contributed by atoms with Crippen LogP contribution in [0.4, 0.5) is 11.4 Å². The number of nitrogens with two attached hydrogens (primary N) is 1. The smallest absolute Gasteiger partial charge is 0.208 e. The Morgan fingerprint density at radius 1 is 1.35 bits per heavy atom. The first-order valence-corrected chi connectivity index (χ1v) is 8.09. The molecule has 0 radical (unpaired) electrons. The van der Waals surface area contributed by atoms with Gasteiger partial charge < -0.3 is 11.1 Å². The molecule has 17 heavy (non-hydrogen) atoms. The Kier molecular flexibility index (Phi) is 5.47. The number of rotatable bonds is 6. The molecule has 1 rings (SSSR count). The van der Waals surface area contributed by atoms with Gasteiger partial charge in [0.25, 0.3) is 0 Å². The van der Waals surface area contributed by atoms with Crippen molar-refractivity contribution in [3.05, 3.63) is 21.8 Å². The van der Waals surface area contributed by atoms with Crippen LogP contribution in [-0.4, -0.2) is 27.8 Å². The Morgan fingerprint density at radius 2 is 2.06 bits per heavy atom. The van der Waals surface area contributed by atoms with E-state index in [0.717, 1.165) is 27.6 Å². The quantitative estimate of drug-likeness (QED) is 0.400. The highest BCUT2D eigenvalue weighted by atomic mass is 127. The summed E-state index contributed by atoms with van der Waals surface area (Å²) in [5.41, 5.74) is 7.39. The second-order valence-corrected chi connectivity index (χ2v) is 6.68. The van der Waals surface area contributed by atoms with Crippen LogP contribution in [0, 0.1) is 3.57 Å². The number of anilines is 2. The Morgan fingerprint density at radius 3 is 2.65 bits per heavy atom. The van der Waals surface area contributed by atoms with Gasteiger partial charge in [-0.2, -0.15) is 0 Å². The molecule has 0 saturated heterocycles. The van der Waals surface area contributed by atoms with Gasteiger partial charge in [0, 0.05) is 28.0 Å². The zero-order valence-corrected chi connectivity index (χ0v) is 12.5. The molecule has 0 aromatic heterocycles. The Bertz CT molecular complexity index is 476. The molecule has 0 aliphatic rings. The topological polar surface area (TPSA) is 84.2 Å².